The van der Waals surface area contributed by atoms with Crippen molar-refractivity contribution in [1.29, 1.82) is 0 Å². The lowest BCUT2D eigenvalue weighted by Crippen LogP contribution is -2.49. The predicted octanol–water partition coefficient (Wildman–Crippen LogP) is 2.10. The smallest absolute Gasteiger partial charge is 0.250 e. The van der Waals surface area contributed by atoms with E-state index in [2.05, 4.69) is 15.5 Å². The molecular formula is C20H24N6O2S. The van der Waals surface area contributed by atoms with Crippen LogP contribution in [0.2, 0.25) is 0 Å². The van der Waals surface area contributed by atoms with Crippen LogP contribution in [0.1, 0.15) is 16.7 Å². The highest BCUT2D eigenvalue weighted by Gasteiger charge is 2.30. The normalized spacial score (nSPS) is 15.6. The molecule has 1 fully saturated rings. The molecule has 1 aliphatic rings. The number of piperazine rings is 1. The van der Waals surface area contributed by atoms with Gasteiger partial charge in [0.05, 0.1) is 10.6 Å². The molecule has 152 valence electrons. The average Bonchev–Trinajstić information content (AvgIpc) is 3.20. The highest BCUT2D eigenvalue weighted by atomic mass is 32.2. The molecule has 1 saturated heterocycles. The van der Waals surface area contributed by atoms with Crippen molar-refractivity contribution in [2.45, 2.75) is 25.7 Å². The van der Waals surface area contributed by atoms with Crippen LogP contribution >= 0.6 is 0 Å². The topological polar surface area (TPSA) is 84.2 Å². The molecule has 0 unspecified atom stereocenters. The van der Waals surface area contributed by atoms with Crippen LogP contribution in [-0.2, 0) is 10.0 Å². The first-order chi connectivity index (χ1) is 13.9. The lowest BCUT2D eigenvalue weighted by atomic mass is 10.1. The summed E-state index contributed by atoms with van der Waals surface area (Å²) in [6.45, 7) is 7.75. The maximum Gasteiger partial charge on any atom is 0.250 e. The quantitative estimate of drug-likeness (QED) is 0.653. The van der Waals surface area contributed by atoms with Gasteiger partial charge >= 0.3 is 0 Å². The Morgan fingerprint density at radius 3 is 2.21 bits per heavy atom. The van der Waals surface area contributed by atoms with Gasteiger partial charge < -0.3 is 4.90 Å². The summed E-state index contributed by atoms with van der Waals surface area (Å²) < 4.78 is 29.3. The number of hydrogen-bond donors (Lipinski definition) is 0. The molecule has 29 heavy (non-hydrogen) atoms. The van der Waals surface area contributed by atoms with Crippen molar-refractivity contribution >= 4 is 16.0 Å². The van der Waals surface area contributed by atoms with Gasteiger partial charge in [0.2, 0.25) is 16.0 Å². The Hall–Kier alpha value is -2.78. The number of nitrogens with zero attached hydrogens (tertiary/aromatic N) is 6. The van der Waals surface area contributed by atoms with Gasteiger partial charge in [0.1, 0.15) is 0 Å². The number of benzene rings is 2. The van der Waals surface area contributed by atoms with E-state index < -0.39 is 10.0 Å². The van der Waals surface area contributed by atoms with Crippen LogP contribution in [0.25, 0.3) is 5.69 Å². The lowest BCUT2D eigenvalue weighted by molar-refractivity contribution is 0.381. The molecule has 0 bridgehead atoms. The van der Waals surface area contributed by atoms with Gasteiger partial charge in [-0.25, -0.2) is 8.42 Å². The standard InChI is InChI=1S/C20H24N6O2S/c1-15-4-7-18(8-5-15)26-20(21-22-23-26)24-10-12-25(13-11-24)29(27,28)19-9-6-16(2)17(3)14-19/h4-9,14H,10-13H2,1-3H3. The van der Waals surface area contributed by atoms with E-state index in [4.69, 9.17) is 0 Å². The Morgan fingerprint density at radius 1 is 0.862 bits per heavy atom. The second-order valence-corrected chi connectivity index (χ2v) is 9.30. The van der Waals surface area contributed by atoms with Crippen LogP contribution in [0.3, 0.4) is 0 Å². The van der Waals surface area contributed by atoms with Crippen LogP contribution in [0.5, 0.6) is 0 Å². The van der Waals surface area contributed by atoms with E-state index in [9.17, 15) is 8.42 Å². The fourth-order valence-corrected chi connectivity index (χ4v) is 4.89. The molecule has 0 atom stereocenters. The van der Waals surface area contributed by atoms with Gasteiger partial charge in [0.25, 0.3) is 0 Å². The largest absolute Gasteiger partial charge is 0.337 e. The first-order valence-corrected chi connectivity index (χ1v) is 11.0. The van der Waals surface area contributed by atoms with E-state index in [0.717, 1.165) is 22.4 Å². The summed E-state index contributed by atoms with van der Waals surface area (Å²) in [6, 6.07) is 13.2. The van der Waals surface area contributed by atoms with Crippen molar-refractivity contribution in [3.8, 4) is 5.69 Å². The van der Waals surface area contributed by atoms with E-state index in [0.29, 0.717) is 37.0 Å². The van der Waals surface area contributed by atoms with E-state index in [1.807, 2.05) is 56.0 Å². The summed E-state index contributed by atoms with van der Waals surface area (Å²) in [7, 11) is -3.51. The lowest BCUT2D eigenvalue weighted by Gasteiger charge is -2.34. The Balaban J connectivity index is 1.51. The van der Waals surface area contributed by atoms with Crippen molar-refractivity contribution in [1.82, 2.24) is 24.5 Å². The molecule has 3 aromatic rings. The van der Waals surface area contributed by atoms with E-state index in [1.54, 1.807) is 16.8 Å². The van der Waals surface area contributed by atoms with Gasteiger partial charge in [-0.2, -0.15) is 8.99 Å². The van der Waals surface area contributed by atoms with E-state index >= 15 is 0 Å². The summed E-state index contributed by atoms with van der Waals surface area (Å²) in [5, 5.41) is 12.1. The molecule has 1 aliphatic heterocycles. The van der Waals surface area contributed by atoms with Crippen LogP contribution < -0.4 is 4.90 Å². The Bertz CT molecular complexity index is 1120. The Morgan fingerprint density at radius 2 is 1.55 bits per heavy atom. The molecule has 9 heteroatoms. The summed E-state index contributed by atoms with van der Waals surface area (Å²) in [5.74, 6) is 0.622. The average molecular weight is 413 g/mol. The van der Waals surface area contributed by atoms with Crippen molar-refractivity contribution in [3.05, 3.63) is 59.2 Å². The highest BCUT2D eigenvalue weighted by Crippen LogP contribution is 2.23. The molecule has 2 aromatic carbocycles. The molecule has 2 heterocycles. The van der Waals surface area contributed by atoms with Crippen molar-refractivity contribution < 1.29 is 8.42 Å². The third kappa shape index (κ3) is 3.75. The van der Waals surface area contributed by atoms with Crippen molar-refractivity contribution in [2.75, 3.05) is 31.1 Å². The fourth-order valence-electron chi connectivity index (χ4n) is 3.38. The third-order valence-electron chi connectivity index (χ3n) is 5.37. The SMILES string of the molecule is Cc1ccc(-n2nnnc2N2CCN(S(=O)(=O)c3ccc(C)c(C)c3)CC2)cc1. The number of aryl methyl sites for hydroxylation is 3. The zero-order chi connectivity index (χ0) is 20.6. The zero-order valence-electron chi connectivity index (χ0n) is 16.8. The predicted molar refractivity (Wildman–Crippen MR) is 111 cm³/mol. The fraction of sp³-hybridized carbons (Fsp3) is 0.350. The molecule has 0 radical (unpaired) electrons. The third-order valence-corrected chi connectivity index (χ3v) is 7.26. The maximum atomic E-state index is 13.0. The Labute approximate surface area is 170 Å². The van der Waals surface area contributed by atoms with Gasteiger partial charge in [0, 0.05) is 26.2 Å². The summed E-state index contributed by atoms with van der Waals surface area (Å²) >= 11 is 0. The molecule has 0 amide bonds. The number of sulfonamides is 1. The first-order valence-electron chi connectivity index (χ1n) is 9.54. The first kappa shape index (κ1) is 19.5. The molecule has 4 rings (SSSR count). The molecular weight excluding hydrogens is 388 g/mol. The number of rotatable bonds is 4. The molecule has 8 nitrogen and oxygen atoms in total. The van der Waals surface area contributed by atoms with Crippen LogP contribution in [-0.4, -0.2) is 59.1 Å². The molecule has 0 aliphatic carbocycles. The minimum Gasteiger partial charge on any atom is -0.337 e. The van der Waals surface area contributed by atoms with Gasteiger partial charge in [-0.15, -0.1) is 0 Å². The van der Waals surface area contributed by atoms with Crippen molar-refractivity contribution in [3.63, 3.8) is 0 Å². The number of aromatic nitrogens is 4. The number of anilines is 1. The Kier molecular flexibility index (Phi) is 5.10. The minimum absolute atomic E-state index is 0.346. The summed E-state index contributed by atoms with van der Waals surface area (Å²) in [6.07, 6.45) is 0. The van der Waals surface area contributed by atoms with Crippen LogP contribution in [0.15, 0.2) is 47.4 Å². The maximum absolute atomic E-state index is 13.0. The second kappa shape index (κ2) is 7.57. The minimum atomic E-state index is -3.51. The van der Waals surface area contributed by atoms with Crippen LogP contribution in [0, 0.1) is 20.8 Å². The van der Waals surface area contributed by atoms with E-state index in [-0.39, 0.29) is 0 Å². The molecule has 1 aromatic heterocycles. The molecule has 0 N–H and O–H groups in total. The second-order valence-electron chi connectivity index (χ2n) is 7.36. The highest BCUT2D eigenvalue weighted by molar-refractivity contribution is 7.89. The molecule has 0 spiro atoms. The number of tetrazole rings is 1. The van der Waals surface area contributed by atoms with Crippen molar-refractivity contribution in [2.24, 2.45) is 0 Å². The number of hydrogen-bond acceptors (Lipinski definition) is 6. The summed E-state index contributed by atoms with van der Waals surface area (Å²) in [5.41, 5.74) is 4.09. The van der Waals surface area contributed by atoms with Gasteiger partial charge in [-0.1, -0.05) is 28.9 Å². The zero-order valence-corrected chi connectivity index (χ0v) is 17.6. The van der Waals surface area contributed by atoms with Crippen LogP contribution in [0.4, 0.5) is 5.95 Å². The summed E-state index contributed by atoms with van der Waals surface area (Å²) in [4.78, 5) is 2.37. The molecule has 0 saturated carbocycles. The van der Waals surface area contributed by atoms with E-state index in [1.165, 1.54) is 4.31 Å². The van der Waals surface area contributed by atoms with Gasteiger partial charge in [0.15, 0.2) is 0 Å². The monoisotopic (exact) mass is 412 g/mol. The van der Waals surface area contributed by atoms with Gasteiger partial charge in [-0.05, 0) is 66.6 Å². The van der Waals surface area contributed by atoms with Gasteiger partial charge in [-0.3, -0.25) is 0 Å².